The third-order valence-corrected chi connectivity index (χ3v) is 4.24. The van der Waals surface area contributed by atoms with E-state index in [0.717, 1.165) is 11.1 Å². The zero-order chi connectivity index (χ0) is 19.2. The van der Waals surface area contributed by atoms with Gasteiger partial charge in [-0.2, -0.15) is 0 Å². The van der Waals surface area contributed by atoms with Crippen molar-refractivity contribution in [2.24, 2.45) is 0 Å². The zero-order valence-electron chi connectivity index (χ0n) is 14.2. The van der Waals surface area contributed by atoms with Gasteiger partial charge in [-0.1, -0.05) is 23.7 Å². The maximum absolute atomic E-state index is 12.0. The van der Waals surface area contributed by atoms with Crippen LogP contribution in [0, 0.1) is 0 Å². The molecule has 0 unspecified atom stereocenters. The molecule has 0 saturated carbocycles. The Morgan fingerprint density at radius 1 is 1.11 bits per heavy atom. The van der Waals surface area contributed by atoms with Crippen LogP contribution in [0.1, 0.15) is 21.5 Å². The van der Waals surface area contributed by atoms with Crippen molar-refractivity contribution in [1.82, 2.24) is 9.97 Å². The van der Waals surface area contributed by atoms with Crippen LogP contribution in [-0.2, 0) is 6.42 Å². The van der Waals surface area contributed by atoms with E-state index < -0.39 is 18.5 Å². The van der Waals surface area contributed by atoms with Crippen molar-refractivity contribution in [1.29, 1.82) is 0 Å². The summed E-state index contributed by atoms with van der Waals surface area (Å²) in [6, 6.07) is 14.1. The second kappa shape index (κ2) is 8.73. The van der Waals surface area contributed by atoms with Crippen molar-refractivity contribution in [3.8, 4) is 11.8 Å². The number of ketones is 1. The van der Waals surface area contributed by atoms with E-state index in [0.29, 0.717) is 22.8 Å². The summed E-state index contributed by atoms with van der Waals surface area (Å²) in [7, 11) is 0. The van der Waals surface area contributed by atoms with E-state index in [-0.39, 0.29) is 6.01 Å². The van der Waals surface area contributed by atoms with Gasteiger partial charge in [0, 0.05) is 23.0 Å². The molecule has 0 bridgehead atoms. The van der Waals surface area contributed by atoms with Gasteiger partial charge in [0.15, 0.2) is 5.78 Å². The number of aliphatic hydroxyl groups is 2. The minimum absolute atomic E-state index is 0.266. The summed E-state index contributed by atoms with van der Waals surface area (Å²) in [6.07, 6.45) is 2.26. The van der Waals surface area contributed by atoms with Gasteiger partial charge in [0.25, 0.3) is 0 Å². The number of aromatic nitrogens is 2. The summed E-state index contributed by atoms with van der Waals surface area (Å²) in [5, 5.41) is 19.0. The number of benzene rings is 2. The fourth-order valence-corrected chi connectivity index (χ4v) is 2.66. The van der Waals surface area contributed by atoms with Crippen molar-refractivity contribution < 1.29 is 19.7 Å². The van der Waals surface area contributed by atoms with Crippen molar-refractivity contribution in [3.05, 3.63) is 82.6 Å². The predicted octanol–water partition coefficient (Wildman–Crippen LogP) is 3.05. The van der Waals surface area contributed by atoms with Crippen LogP contribution in [0.2, 0.25) is 5.02 Å². The number of halogens is 1. The molecule has 0 fully saturated rings. The third kappa shape index (κ3) is 4.89. The van der Waals surface area contributed by atoms with Crippen LogP contribution >= 0.6 is 11.6 Å². The number of Topliss-reactive ketones (excluding diaryl/α,β-unsaturated/α-hetero) is 1. The maximum atomic E-state index is 12.0. The van der Waals surface area contributed by atoms with Crippen LogP contribution in [0.15, 0.2) is 60.9 Å². The molecule has 6 nitrogen and oxygen atoms in total. The second-order valence-corrected chi connectivity index (χ2v) is 6.23. The van der Waals surface area contributed by atoms with E-state index in [1.807, 2.05) is 12.1 Å². The highest BCUT2D eigenvalue weighted by atomic mass is 35.5. The van der Waals surface area contributed by atoms with Crippen LogP contribution in [0.4, 0.5) is 0 Å². The van der Waals surface area contributed by atoms with Crippen LogP contribution in [-0.4, -0.2) is 38.7 Å². The number of nitrogens with zero attached hydrogens (tertiary/aromatic N) is 2. The first kappa shape index (κ1) is 19.0. The van der Waals surface area contributed by atoms with Crippen molar-refractivity contribution in [3.63, 3.8) is 0 Å². The Labute approximate surface area is 161 Å². The van der Waals surface area contributed by atoms with Crippen molar-refractivity contribution in [2.75, 3.05) is 6.61 Å². The van der Waals surface area contributed by atoms with Gasteiger partial charge in [-0.05, 0) is 53.9 Å². The first-order valence-corrected chi connectivity index (χ1v) is 8.60. The lowest BCUT2D eigenvalue weighted by atomic mass is 9.99. The molecule has 1 aromatic heterocycles. The standard InChI is InChI=1S/C20H17ClN2O4/c21-17-7-4-14(19(26)18(25)12-24)11-15(17)10-13-2-5-16(6-3-13)27-20-22-8-1-9-23-20/h1-9,11,18,24-25H,10,12H2/t18-/m1/s1. The lowest BCUT2D eigenvalue weighted by Crippen LogP contribution is -2.24. The van der Waals surface area contributed by atoms with E-state index in [1.165, 1.54) is 6.07 Å². The van der Waals surface area contributed by atoms with Gasteiger partial charge < -0.3 is 14.9 Å². The number of aliphatic hydroxyl groups excluding tert-OH is 2. The van der Waals surface area contributed by atoms with Gasteiger partial charge in [-0.25, -0.2) is 9.97 Å². The molecule has 0 aliphatic rings. The first-order valence-electron chi connectivity index (χ1n) is 8.22. The summed E-state index contributed by atoms with van der Waals surface area (Å²) < 4.78 is 5.55. The molecule has 0 radical (unpaired) electrons. The molecule has 0 saturated heterocycles. The molecule has 7 heteroatoms. The predicted molar refractivity (Wildman–Crippen MR) is 100 cm³/mol. The molecule has 1 heterocycles. The van der Waals surface area contributed by atoms with Crippen LogP contribution in [0.25, 0.3) is 0 Å². The van der Waals surface area contributed by atoms with Crippen molar-refractivity contribution in [2.45, 2.75) is 12.5 Å². The Kier molecular flexibility index (Phi) is 6.13. The summed E-state index contributed by atoms with van der Waals surface area (Å²) in [6.45, 7) is -0.622. The molecule has 0 aliphatic carbocycles. The number of hydrogen-bond acceptors (Lipinski definition) is 6. The van der Waals surface area contributed by atoms with Gasteiger partial charge in [0.2, 0.25) is 0 Å². The minimum atomic E-state index is -1.43. The molecule has 0 aliphatic heterocycles. The molecule has 1 atom stereocenters. The highest BCUT2D eigenvalue weighted by Gasteiger charge is 2.17. The third-order valence-electron chi connectivity index (χ3n) is 3.87. The topological polar surface area (TPSA) is 92.5 Å². The lowest BCUT2D eigenvalue weighted by molar-refractivity contribution is 0.0587. The molecule has 3 rings (SSSR count). The van der Waals surface area contributed by atoms with Gasteiger partial charge in [-0.15, -0.1) is 0 Å². The zero-order valence-corrected chi connectivity index (χ0v) is 15.0. The molecule has 0 amide bonds. The van der Waals surface area contributed by atoms with E-state index in [1.54, 1.807) is 42.7 Å². The highest BCUT2D eigenvalue weighted by molar-refractivity contribution is 6.31. The van der Waals surface area contributed by atoms with Crippen LogP contribution in [0.3, 0.4) is 0 Å². The maximum Gasteiger partial charge on any atom is 0.321 e. The summed E-state index contributed by atoms with van der Waals surface area (Å²) in [5.41, 5.74) is 2.01. The van der Waals surface area contributed by atoms with Crippen molar-refractivity contribution >= 4 is 17.4 Å². The largest absolute Gasteiger partial charge is 0.424 e. The molecule has 2 N–H and O–H groups in total. The Morgan fingerprint density at radius 3 is 2.48 bits per heavy atom. The number of ether oxygens (including phenoxy) is 1. The number of rotatable bonds is 7. The van der Waals surface area contributed by atoms with Crippen LogP contribution < -0.4 is 4.74 Å². The monoisotopic (exact) mass is 384 g/mol. The Balaban J connectivity index is 1.74. The summed E-state index contributed by atoms with van der Waals surface area (Å²) in [4.78, 5) is 20.0. The van der Waals surface area contributed by atoms with E-state index in [9.17, 15) is 9.90 Å². The highest BCUT2D eigenvalue weighted by Crippen LogP contribution is 2.24. The molecule has 138 valence electrons. The van der Waals surface area contributed by atoms with Gasteiger partial charge in [-0.3, -0.25) is 4.79 Å². The van der Waals surface area contributed by atoms with E-state index >= 15 is 0 Å². The van der Waals surface area contributed by atoms with Gasteiger partial charge >= 0.3 is 6.01 Å². The number of carbonyl (C=O) groups excluding carboxylic acids is 1. The quantitative estimate of drug-likeness (QED) is 0.608. The molecular weight excluding hydrogens is 368 g/mol. The molecule has 3 aromatic rings. The Morgan fingerprint density at radius 2 is 1.81 bits per heavy atom. The second-order valence-electron chi connectivity index (χ2n) is 5.82. The number of carbonyl (C=O) groups is 1. The Hall–Kier alpha value is -2.80. The van der Waals surface area contributed by atoms with Crippen LogP contribution in [0.5, 0.6) is 11.8 Å². The normalized spacial score (nSPS) is 11.8. The average molecular weight is 385 g/mol. The number of hydrogen-bond donors (Lipinski definition) is 2. The summed E-state index contributed by atoms with van der Waals surface area (Å²) >= 11 is 6.24. The molecule has 0 spiro atoms. The van der Waals surface area contributed by atoms with Gasteiger partial charge in [0.1, 0.15) is 11.9 Å². The SMILES string of the molecule is O=C(c1ccc(Cl)c(Cc2ccc(Oc3ncccn3)cc2)c1)[C@H](O)CO. The average Bonchev–Trinajstić information content (AvgIpc) is 2.70. The molecule has 27 heavy (non-hydrogen) atoms. The molecule has 2 aromatic carbocycles. The molecular formula is C20H17ClN2O4. The summed E-state index contributed by atoms with van der Waals surface area (Å²) in [5.74, 6) is 0.0630. The Bertz CT molecular complexity index is 917. The van der Waals surface area contributed by atoms with E-state index in [4.69, 9.17) is 21.4 Å². The lowest BCUT2D eigenvalue weighted by Gasteiger charge is -2.10. The van der Waals surface area contributed by atoms with Gasteiger partial charge in [0.05, 0.1) is 6.61 Å². The minimum Gasteiger partial charge on any atom is -0.424 e. The smallest absolute Gasteiger partial charge is 0.321 e. The fourth-order valence-electron chi connectivity index (χ4n) is 2.48. The fraction of sp³-hybridized carbons (Fsp3) is 0.150. The first-order chi connectivity index (χ1) is 13.1. The van der Waals surface area contributed by atoms with E-state index in [2.05, 4.69) is 9.97 Å².